The largest absolute Gasteiger partial charge is 0.390 e. The number of aromatic nitrogens is 1. The van der Waals surface area contributed by atoms with Crippen LogP contribution in [0.3, 0.4) is 0 Å². The van der Waals surface area contributed by atoms with Gasteiger partial charge in [-0.1, -0.05) is 25.1 Å². The molecule has 3 atom stereocenters. The maximum Gasteiger partial charge on any atom is 0.0863 e. The molecule has 3 heteroatoms. The monoisotopic (exact) mass is 257 g/mol. The zero-order valence-electron chi connectivity index (χ0n) is 11.1. The highest BCUT2D eigenvalue weighted by Gasteiger charge is 2.31. The molecule has 0 aliphatic carbocycles. The van der Waals surface area contributed by atoms with Gasteiger partial charge >= 0.3 is 0 Å². The van der Waals surface area contributed by atoms with Crippen LogP contribution in [0.1, 0.15) is 18.9 Å². The predicted molar refractivity (Wildman–Crippen MR) is 75.0 cm³/mol. The fourth-order valence-corrected chi connectivity index (χ4v) is 2.88. The molecule has 1 aliphatic heterocycles. The third kappa shape index (κ3) is 2.48. The van der Waals surface area contributed by atoms with Gasteiger partial charge in [-0.15, -0.1) is 0 Å². The molecule has 0 radical (unpaired) electrons. The number of pyridine rings is 1. The SMILES string of the molecule is CC1CCOC1C(O)Cc1ccnc2ccccc12. The summed E-state index contributed by atoms with van der Waals surface area (Å²) < 4.78 is 5.65. The lowest BCUT2D eigenvalue weighted by Crippen LogP contribution is -2.31. The maximum absolute atomic E-state index is 10.4. The lowest BCUT2D eigenvalue weighted by molar-refractivity contribution is -0.0156. The van der Waals surface area contributed by atoms with Crippen LogP contribution in [-0.4, -0.2) is 28.9 Å². The van der Waals surface area contributed by atoms with Crippen molar-refractivity contribution in [1.82, 2.24) is 4.98 Å². The first-order valence-electron chi connectivity index (χ1n) is 6.88. The Morgan fingerprint density at radius 1 is 1.37 bits per heavy atom. The van der Waals surface area contributed by atoms with E-state index >= 15 is 0 Å². The van der Waals surface area contributed by atoms with Crippen LogP contribution in [0, 0.1) is 5.92 Å². The van der Waals surface area contributed by atoms with Gasteiger partial charge in [0, 0.05) is 24.6 Å². The zero-order valence-corrected chi connectivity index (χ0v) is 11.1. The van der Waals surface area contributed by atoms with Crippen molar-refractivity contribution in [2.75, 3.05) is 6.61 Å². The van der Waals surface area contributed by atoms with Crippen LogP contribution in [-0.2, 0) is 11.2 Å². The second-order valence-electron chi connectivity index (χ2n) is 5.36. The standard InChI is InChI=1S/C16H19NO2/c1-11-7-9-19-16(11)15(18)10-12-6-8-17-14-5-3-2-4-13(12)14/h2-6,8,11,15-16,18H,7,9-10H2,1H3. The number of rotatable bonds is 3. The minimum absolute atomic E-state index is 0.0353. The Balaban J connectivity index is 1.85. The third-order valence-electron chi connectivity index (χ3n) is 3.99. The molecular weight excluding hydrogens is 238 g/mol. The van der Waals surface area contributed by atoms with E-state index in [1.165, 1.54) is 0 Å². The van der Waals surface area contributed by atoms with E-state index in [1.54, 1.807) is 0 Å². The maximum atomic E-state index is 10.4. The van der Waals surface area contributed by atoms with E-state index in [0.29, 0.717) is 12.3 Å². The summed E-state index contributed by atoms with van der Waals surface area (Å²) in [5.41, 5.74) is 2.12. The molecule has 0 amide bonds. The first-order valence-corrected chi connectivity index (χ1v) is 6.88. The zero-order chi connectivity index (χ0) is 13.2. The molecule has 3 nitrogen and oxygen atoms in total. The number of aliphatic hydroxyl groups is 1. The van der Waals surface area contributed by atoms with Crippen LogP contribution in [0.15, 0.2) is 36.5 Å². The minimum Gasteiger partial charge on any atom is -0.390 e. The lowest BCUT2D eigenvalue weighted by atomic mass is 9.94. The summed E-state index contributed by atoms with van der Waals surface area (Å²) in [5, 5.41) is 11.5. The van der Waals surface area contributed by atoms with Crippen molar-refractivity contribution in [2.45, 2.75) is 32.0 Å². The number of hydrogen-bond donors (Lipinski definition) is 1. The van der Waals surface area contributed by atoms with Crippen LogP contribution in [0.5, 0.6) is 0 Å². The number of hydrogen-bond acceptors (Lipinski definition) is 3. The first kappa shape index (κ1) is 12.6. The van der Waals surface area contributed by atoms with Crippen LogP contribution in [0.25, 0.3) is 10.9 Å². The van der Waals surface area contributed by atoms with Gasteiger partial charge in [-0.2, -0.15) is 0 Å². The molecule has 0 spiro atoms. The van der Waals surface area contributed by atoms with Gasteiger partial charge in [0.05, 0.1) is 17.7 Å². The summed E-state index contributed by atoms with van der Waals surface area (Å²) in [4.78, 5) is 4.35. The Morgan fingerprint density at radius 2 is 2.21 bits per heavy atom. The molecule has 1 N–H and O–H groups in total. The second-order valence-corrected chi connectivity index (χ2v) is 5.36. The lowest BCUT2D eigenvalue weighted by Gasteiger charge is -2.21. The van der Waals surface area contributed by atoms with E-state index in [9.17, 15) is 5.11 Å². The van der Waals surface area contributed by atoms with Crippen LogP contribution >= 0.6 is 0 Å². The number of para-hydroxylation sites is 1. The summed E-state index contributed by atoms with van der Waals surface area (Å²) in [5.74, 6) is 0.433. The van der Waals surface area contributed by atoms with Gasteiger partial charge in [-0.3, -0.25) is 4.98 Å². The molecule has 2 aromatic rings. The number of benzene rings is 1. The molecule has 3 rings (SSSR count). The molecule has 100 valence electrons. The normalized spacial score (nSPS) is 24.7. The fraction of sp³-hybridized carbons (Fsp3) is 0.438. The average Bonchev–Trinajstić information content (AvgIpc) is 2.85. The van der Waals surface area contributed by atoms with Crippen molar-refractivity contribution in [3.8, 4) is 0 Å². The highest BCUT2D eigenvalue weighted by atomic mass is 16.5. The first-order chi connectivity index (χ1) is 9.25. The Bertz CT molecular complexity index is 564. The van der Waals surface area contributed by atoms with Crippen molar-refractivity contribution in [2.24, 2.45) is 5.92 Å². The van der Waals surface area contributed by atoms with Crippen molar-refractivity contribution < 1.29 is 9.84 Å². The van der Waals surface area contributed by atoms with Gasteiger partial charge in [-0.05, 0) is 30.0 Å². The molecule has 1 aromatic carbocycles. The Hall–Kier alpha value is -1.45. The van der Waals surface area contributed by atoms with Crippen molar-refractivity contribution in [3.05, 3.63) is 42.1 Å². The Kier molecular flexibility index (Phi) is 3.49. The Morgan fingerprint density at radius 3 is 3.00 bits per heavy atom. The van der Waals surface area contributed by atoms with E-state index in [1.807, 2.05) is 30.5 Å². The van der Waals surface area contributed by atoms with Crippen molar-refractivity contribution >= 4 is 10.9 Å². The van der Waals surface area contributed by atoms with Crippen LogP contribution in [0.2, 0.25) is 0 Å². The molecule has 0 bridgehead atoms. The highest BCUT2D eigenvalue weighted by molar-refractivity contribution is 5.81. The van der Waals surface area contributed by atoms with Crippen molar-refractivity contribution in [1.29, 1.82) is 0 Å². The number of aliphatic hydroxyl groups excluding tert-OH is 1. The summed E-state index contributed by atoms with van der Waals surface area (Å²) in [6.07, 6.45) is 3.00. The van der Waals surface area contributed by atoms with Gasteiger partial charge in [-0.25, -0.2) is 0 Å². The van der Waals surface area contributed by atoms with Gasteiger partial charge in [0.2, 0.25) is 0 Å². The highest BCUT2D eigenvalue weighted by Crippen LogP contribution is 2.26. The van der Waals surface area contributed by atoms with E-state index < -0.39 is 6.10 Å². The van der Waals surface area contributed by atoms with Gasteiger partial charge < -0.3 is 9.84 Å². The van der Waals surface area contributed by atoms with E-state index in [-0.39, 0.29) is 6.10 Å². The van der Waals surface area contributed by atoms with E-state index in [0.717, 1.165) is 29.5 Å². The topological polar surface area (TPSA) is 42.4 Å². The summed E-state index contributed by atoms with van der Waals surface area (Å²) in [6.45, 7) is 2.91. The van der Waals surface area contributed by atoms with Crippen LogP contribution in [0.4, 0.5) is 0 Å². The number of nitrogens with zero attached hydrogens (tertiary/aromatic N) is 1. The summed E-state index contributed by atoms with van der Waals surface area (Å²) >= 11 is 0. The van der Waals surface area contributed by atoms with Crippen LogP contribution < -0.4 is 0 Å². The molecule has 1 aromatic heterocycles. The molecule has 1 fully saturated rings. The van der Waals surface area contributed by atoms with E-state index in [2.05, 4.69) is 18.0 Å². The molecule has 1 aliphatic rings. The molecule has 1 saturated heterocycles. The summed E-state index contributed by atoms with van der Waals surface area (Å²) in [7, 11) is 0. The number of ether oxygens (including phenoxy) is 1. The molecule has 0 saturated carbocycles. The molecular formula is C16H19NO2. The smallest absolute Gasteiger partial charge is 0.0863 e. The molecule has 3 unspecified atom stereocenters. The Labute approximate surface area is 113 Å². The van der Waals surface area contributed by atoms with E-state index in [4.69, 9.17) is 4.74 Å². The quantitative estimate of drug-likeness (QED) is 0.919. The fourth-order valence-electron chi connectivity index (χ4n) is 2.88. The van der Waals surface area contributed by atoms with Gasteiger partial charge in [0.25, 0.3) is 0 Å². The molecule has 2 heterocycles. The predicted octanol–water partition coefficient (Wildman–Crippen LogP) is 2.56. The van der Waals surface area contributed by atoms with Crippen molar-refractivity contribution in [3.63, 3.8) is 0 Å². The average molecular weight is 257 g/mol. The van der Waals surface area contributed by atoms with Gasteiger partial charge in [0.1, 0.15) is 0 Å². The van der Waals surface area contributed by atoms with Gasteiger partial charge in [0.15, 0.2) is 0 Å². The number of fused-ring (bicyclic) bond motifs is 1. The third-order valence-corrected chi connectivity index (χ3v) is 3.99. The minimum atomic E-state index is -0.441. The molecule has 19 heavy (non-hydrogen) atoms. The second kappa shape index (κ2) is 5.27. The summed E-state index contributed by atoms with van der Waals surface area (Å²) in [6, 6.07) is 10.0.